The van der Waals surface area contributed by atoms with Gasteiger partial charge in [-0.3, -0.25) is 4.79 Å². The molecule has 0 saturated carbocycles. The molecule has 2 heterocycles. The van der Waals surface area contributed by atoms with E-state index in [1.807, 2.05) is 6.07 Å². The van der Waals surface area contributed by atoms with Crippen LogP contribution in [0, 0.1) is 5.82 Å². The topological polar surface area (TPSA) is 23.6 Å². The first kappa shape index (κ1) is 13.6. The number of Topliss-reactive ketones (excluding diaryl/α,β-unsaturated/α-hetero) is 1. The minimum absolute atomic E-state index is 0.0952. The summed E-state index contributed by atoms with van der Waals surface area (Å²) in [6.45, 7) is 5.32. The molecule has 3 rings (SSSR count). The number of fused-ring (bicyclic) bond motifs is 3. The van der Waals surface area contributed by atoms with Crippen LogP contribution in [-0.4, -0.2) is 42.9 Å². The van der Waals surface area contributed by atoms with Crippen molar-refractivity contribution in [1.29, 1.82) is 0 Å². The zero-order valence-electron chi connectivity index (χ0n) is 11.9. The minimum Gasteiger partial charge on any atom is -0.364 e. The molecule has 3 nitrogen and oxygen atoms in total. The Hall–Kier alpha value is -1.42. The number of hydrogen-bond acceptors (Lipinski definition) is 3. The molecule has 4 heteroatoms. The monoisotopic (exact) mass is 276 g/mol. The SMILES string of the molecule is CC(=O)CCN1CCCN2c3c(F)cccc3CC2C1. The predicted molar refractivity (Wildman–Crippen MR) is 77.6 cm³/mol. The lowest BCUT2D eigenvalue weighted by Crippen LogP contribution is -2.39. The number of nitrogens with zero attached hydrogens (tertiary/aromatic N) is 2. The lowest BCUT2D eigenvalue weighted by Gasteiger charge is -2.27. The van der Waals surface area contributed by atoms with Gasteiger partial charge in [-0.15, -0.1) is 0 Å². The Labute approximate surface area is 119 Å². The summed E-state index contributed by atoms with van der Waals surface area (Å²) in [5.74, 6) is 0.147. The van der Waals surface area contributed by atoms with E-state index in [0.717, 1.165) is 50.3 Å². The lowest BCUT2D eigenvalue weighted by atomic mass is 10.1. The van der Waals surface area contributed by atoms with E-state index in [9.17, 15) is 9.18 Å². The van der Waals surface area contributed by atoms with Gasteiger partial charge in [-0.2, -0.15) is 0 Å². The van der Waals surface area contributed by atoms with E-state index >= 15 is 0 Å². The lowest BCUT2D eigenvalue weighted by molar-refractivity contribution is -0.117. The number of carbonyl (C=O) groups excluding carboxylic acids is 1. The number of rotatable bonds is 3. The first-order valence-electron chi connectivity index (χ1n) is 7.41. The molecule has 20 heavy (non-hydrogen) atoms. The van der Waals surface area contributed by atoms with Crippen LogP contribution in [0.1, 0.15) is 25.3 Å². The highest BCUT2D eigenvalue weighted by atomic mass is 19.1. The molecule has 0 radical (unpaired) electrons. The van der Waals surface area contributed by atoms with Crippen molar-refractivity contribution in [2.75, 3.05) is 31.1 Å². The van der Waals surface area contributed by atoms with E-state index in [1.54, 1.807) is 19.1 Å². The summed E-state index contributed by atoms with van der Waals surface area (Å²) in [7, 11) is 0. The second-order valence-electron chi connectivity index (χ2n) is 5.91. The van der Waals surface area contributed by atoms with E-state index in [4.69, 9.17) is 0 Å². The molecule has 0 bridgehead atoms. The molecule has 2 aliphatic rings. The molecule has 1 aromatic carbocycles. The van der Waals surface area contributed by atoms with Crippen LogP contribution in [-0.2, 0) is 11.2 Å². The van der Waals surface area contributed by atoms with Gasteiger partial charge in [0.15, 0.2) is 0 Å². The van der Waals surface area contributed by atoms with Crippen LogP contribution < -0.4 is 4.90 Å². The van der Waals surface area contributed by atoms with Crippen molar-refractivity contribution in [2.45, 2.75) is 32.2 Å². The average Bonchev–Trinajstić information content (AvgIpc) is 2.63. The Morgan fingerprint density at radius 1 is 1.40 bits per heavy atom. The normalized spacial score (nSPS) is 22.3. The van der Waals surface area contributed by atoms with Gasteiger partial charge in [0, 0.05) is 32.1 Å². The van der Waals surface area contributed by atoms with Crippen LogP contribution in [0.3, 0.4) is 0 Å². The van der Waals surface area contributed by atoms with Crippen LogP contribution in [0.15, 0.2) is 18.2 Å². The molecule has 1 atom stereocenters. The van der Waals surface area contributed by atoms with E-state index in [1.165, 1.54) is 0 Å². The second kappa shape index (κ2) is 5.52. The van der Waals surface area contributed by atoms with Gasteiger partial charge in [-0.25, -0.2) is 4.39 Å². The summed E-state index contributed by atoms with van der Waals surface area (Å²) in [4.78, 5) is 15.7. The van der Waals surface area contributed by atoms with Crippen LogP contribution in [0.2, 0.25) is 0 Å². The van der Waals surface area contributed by atoms with Gasteiger partial charge in [-0.05, 0) is 37.9 Å². The second-order valence-corrected chi connectivity index (χ2v) is 5.91. The van der Waals surface area contributed by atoms with Gasteiger partial charge < -0.3 is 9.80 Å². The Morgan fingerprint density at radius 3 is 3.05 bits per heavy atom. The van der Waals surface area contributed by atoms with E-state index < -0.39 is 0 Å². The van der Waals surface area contributed by atoms with Crippen molar-refractivity contribution < 1.29 is 9.18 Å². The average molecular weight is 276 g/mol. The highest BCUT2D eigenvalue weighted by molar-refractivity contribution is 5.75. The maximum Gasteiger partial charge on any atom is 0.146 e. The van der Waals surface area contributed by atoms with E-state index in [-0.39, 0.29) is 11.6 Å². The Bertz CT molecular complexity index is 517. The van der Waals surface area contributed by atoms with E-state index in [0.29, 0.717) is 12.5 Å². The molecule has 1 fully saturated rings. The number of halogens is 1. The highest BCUT2D eigenvalue weighted by Crippen LogP contribution is 2.35. The van der Waals surface area contributed by atoms with Gasteiger partial charge in [0.05, 0.1) is 5.69 Å². The summed E-state index contributed by atoms with van der Waals surface area (Å²) < 4.78 is 14.0. The summed E-state index contributed by atoms with van der Waals surface area (Å²) in [5, 5.41) is 0. The van der Waals surface area contributed by atoms with Gasteiger partial charge in [0.2, 0.25) is 0 Å². The third kappa shape index (κ3) is 2.57. The van der Waals surface area contributed by atoms with Crippen molar-refractivity contribution in [3.05, 3.63) is 29.6 Å². The molecule has 0 amide bonds. The molecular weight excluding hydrogens is 255 g/mol. The number of para-hydroxylation sites is 1. The standard InChI is InChI=1S/C16H21FN2O/c1-12(20)6-9-18-7-3-8-19-14(11-18)10-13-4-2-5-15(17)16(13)19/h2,4-5,14H,3,6-11H2,1H3. The summed E-state index contributed by atoms with van der Waals surface area (Å²) in [5.41, 5.74) is 1.94. The molecule has 0 aromatic heterocycles. The molecule has 2 aliphatic heterocycles. The molecule has 0 aliphatic carbocycles. The van der Waals surface area contributed by atoms with Crippen LogP contribution in [0.4, 0.5) is 10.1 Å². The van der Waals surface area contributed by atoms with Gasteiger partial charge in [0.1, 0.15) is 11.6 Å². The number of anilines is 1. The molecule has 0 N–H and O–H groups in total. The quantitative estimate of drug-likeness (QED) is 0.846. The third-order valence-corrected chi connectivity index (χ3v) is 4.38. The minimum atomic E-state index is -0.0952. The first-order chi connectivity index (χ1) is 9.65. The summed E-state index contributed by atoms with van der Waals surface area (Å²) in [6.07, 6.45) is 2.57. The van der Waals surface area contributed by atoms with Crippen LogP contribution in [0.5, 0.6) is 0 Å². The van der Waals surface area contributed by atoms with Crippen molar-refractivity contribution in [1.82, 2.24) is 4.90 Å². The maximum atomic E-state index is 14.0. The third-order valence-electron chi connectivity index (χ3n) is 4.38. The Kier molecular flexibility index (Phi) is 3.74. The fraction of sp³-hybridized carbons (Fsp3) is 0.562. The largest absolute Gasteiger partial charge is 0.364 e. The summed E-state index contributed by atoms with van der Waals surface area (Å²) >= 11 is 0. The van der Waals surface area contributed by atoms with Gasteiger partial charge >= 0.3 is 0 Å². The molecule has 108 valence electrons. The fourth-order valence-corrected chi connectivity index (χ4v) is 3.42. The molecule has 0 spiro atoms. The predicted octanol–water partition coefficient (Wildman–Crippen LogP) is 2.24. The molecule has 1 aromatic rings. The van der Waals surface area contributed by atoms with Crippen LogP contribution in [0.25, 0.3) is 0 Å². The Morgan fingerprint density at radius 2 is 2.25 bits per heavy atom. The maximum absolute atomic E-state index is 14.0. The molecule has 1 unspecified atom stereocenters. The Balaban J connectivity index is 1.74. The summed E-state index contributed by atoms with van der Waals surface area (Å²) in [6, 6.07) is 5.75. The van der Waals surface area contributed by atoms with Crippen molar-refractivity contribution >= 4 is 11.5 Å². The van der Waals surface area contributed by atoms with Crippen molar-refractivity contribution in [2.24, 2.45) is 0 Å². The van der Waals surface area contributed by atoms with Crippen molar-refractivity contribution in [3.63, 3.8) is 0 Å². The van der Waals surface area contributed by atoms with Crippen molar-refractivity contribution in [3.8, 4) is 0 Å². The molecule has 1 saturated heterocycles. The number of ketones is 1. The molecular formula is C16H21FN2O. The number of benzene rings is 1. The smallest absolute Gasteiger partial charge is 0.146 e. The first-order valence-corrected chi connectivity index (χ1v) is 7.41. The van der Waals surface area contributed by atoms with Gasteiger partial charge in [0.25, 0.3) is 0 Å². The highest BCUT2D eigenvalue weighted by Gasteiger charge is 2.34. The number of carbonyl (C=O) groups is 1. The van der Waals surface area contributed by atoms with E-state index in [2.05, 4.69) is 9.80 Å². The fourth-order valence-electron chi connectivity index (χ4n) is 3.42. The zero-order valence-corrected chi connectivity index (χ0v) is 11.9. The van der Waals surface area contributed by atoms with Crippen LogP contribution >= 0.6 is 0 Å². The number of hydrogen-bond donors (Lipinski definition) is 0. The zero-order chi connectivity index (χ0) is 14.1. The van der Waals surface area contributed by atoms with Gasteiger partial charge in [-0.1, -0.05) is 12.1 Å².